The van der Waals surface area contributed by atoms with Crippen LogP contribution in [0.3, 0.4) is 0 Å². The largest absolute Gasteiger partial charge is 0.495 e. The Morgan fingerprint density at radius 3 is 2.84 bits per heavy atom. The van der Waals surface area contributed by atoms with Crippen molar-refractivity contribution in [3.63, 3.8) is 0 Å². The van der Waals surface area contributed by atoms with Gasteiger partial charge in [0.25, 0.3) is 5.91 Å². The maximum absolute atomic E-state index is 13.2. The van der Waals surface area contributed by atoms with Crippen LogP contribution in [0.2, 0.25) is 0 Å². The van der Waals surface area contributed by atoms with E-state index in [0.29, 0.717) is 22.9 Å². The number of hydrogen-bond donors (Lipinski definition) is 2. The zero-order valence-corrected chi connectivity index (χ0v) is 13.5. The van der Waals surface area contributed by atoms with E-state index in [9.17, 15) is 9.18 Å². The standard InChI is InChI=1S/C18H16FN3O3/c1-24-17-6-5-12(11-25-14-4-2-3-13(19)10-14)9-16(17)21-18(23)15-7-8-20-22-15/h2-10H,11H2,1H3,(H,20,22)(H,21,23). The van der Waals surface area contributed by atoms with Crippen LogP contribution in [0.25, 0.3) is 0 Å². The van der Waals surface area contributed by atoms with E-state index in [2.05, 4.69) is 15.5 Å². The molecule has 0 aliphatic carbocycles. The summed E-state index contributed by atoms with van der Waals surface area (Å²) in [5.74, 6) is 0.250. The fourth-order valence-corrected chi connectivity index (χ4v) is 2.24. The molecule has 25 heavy (non-hydrogen) atoms. The highest BCUT2D eigenvalue weighted by atomic mass is 19.1. The molecule has 0 unspecified atom stereocenters. The lowest BCUT2D eigenvalue weighted by atomic mass is 10.2. The number of ether oxygens (including phenoxy) is 2. The number of benzene rings is 2. The molecule has 6 nitrogen and oxygen atoms in total. The minimum Gasteiger partial charge on any atom is -0.495 e. The summed E-state index contributed by atoms with van der Waals surface area (Å²) < 4.78 is 24.0. The molecule has 0 saturated carbocycles. The number of nitrogens with zero attached hydrogens (tertiary/aromatic N) is 1. The number of anilines is 1. The summed E-state index contributed by atoms with van der Waals surface area (Å²) in [5, 5.41) is 9.11. The fourth-order valence-electron chi connectivity index (χ4n) is 2.24. The van der Waals surface area contributed by atoms with Crippen LogP contribution in [-0.2, 0) is 6.61 Å². The second kappa shape index (κ2) is 7.48. The van der Waals surface area contributed by atoms with E-state index in [4.69, 9.17) is 9.47 Å². The van der Waals surface area contributed by atoms with Crippen molar-refractivity contribution in [3.05, 3.63) is 71.8 Å². The first-order valence-corrected chi connectivity index (χ1v) is 7.52. The molecule has 0 atom stereocenters. The second-order valence-corrected chi connectivity index (χ2v) is 5.21. The summed E-state index contributed by atoms with van der Waals surface area (Å²) in [6, 6.07) is 12.8. The third kappa shape index (κ3) is 4.14. The molecule has 1 heterocycles. The molecule has 0 fully saturated rings. The van der Waals surface area contributed by atoms with Gasteiger partial charge in [0.15, 0.2) is 0 Å². The van der Waals surface area contributed by atoms with Gasteiger partial charge in [0, 0.05) is 12.3 Å². The number of amides is 1. The zero-order valence-electron chi connectivity index (χ0n) is 13.5. The summed E-state index contributed by atoms with van der Waals surface area (Å²) in [6.07, 6.45) is 1.50. The molecular weight excluding hydrogens is 325 g/mol. The highest BCUT2D eigenvalue weighted by molar-refractivity contribution is 6.03. The van der Waals surface area contributed by atoms with Crippen LogP contribution < -0.4 is 14.8 Å². The van der Waals surface area contributed by atoms with Crippen molar-refractivity contribution < 1.29 is 18.7 Å². The maximum Gasteiger partial charge on any atom is 0.273 e. The maximum atomic E-state index is 13.2. The van der Waals surface area contributed by atoms with E-state index in [1.165, 1.54) is 25.4 Å². The Labute approximate surface area is 143 Å². The Morgan fingerprint density at radius 2 is 2.12 bits per heavy atom. The van der Waals surface area contributed by atoms with Gasteiger partial charge in [-0.15, -0.1) is 0 Å². The molecule has 0 saturated heterocycles. The fraction of sp³-hybridized carbons (Fsp3) is 0.111. The van der Waals surface area contributed by atoms with Crippen LogP contribution in [0.4, 0.5) is 10.1 Å². The van der Waals surface area contributed by atoms with Crippen LogP contribution in [-0.4, -0.2) is 23.2 Å². The first-order chi connectivity index (χ1) is 12.2. The Balaban J connectivity index is 1.74. The molecule has 2 N–H and O–H groups in total. The molecule has 1 amide bonds. The average Bonchev–Trinajstić information content (AvgIpc) is 3.15. The minimum atomic E-state index is -0.361. The van der Waals surface area contributed by atoms with Crippen LogP contribution in [0.1, 0.15) is 16.1 Å². The minimum absolute atomic E-state index is 0.223. The highest BCUT2D eigenvalue weighted by Gasteiger charge is 2.12. The SMILES string of the molecule is COc1ccc(COc2cccc(F)c2)cc1NC(=O)c1ccn[nH]1. The summed E-state index contributed by atoms with van der Waals surface area (Å²) in [5.41, 5.74) is 1.64. The van der Waals surface area contributed by atoms with Crippen molar-refractivity contribution in [2.45, 2.75) is 6.61 Å². The van der Waals surface area contributed by atoms with Crippen LogP contribution >= 0.6 is 0 Å². The number of carbonyl (C=O) groups is 1. The third-order valence-electron chi connectivity index (χ3n) is 3.46. The molecule has 3 rings (SSSR count). The number of halogens is 1. The van der Waals surface area contributed by atoms with E-state index in [0.717, 1.165) is 5.56 Å². The van der Waals surface area contributed by atoms with Gasteiger partial charge in [-0.3, -0.25) is 9.89 Å². The van der Waals surface area contributed by atoms with Crippen molar-refractivity contribution in [2.75, 3.05) is 12.4 Å². The van der Waals surface area contributed by atoms with Crippen LogP contribution in [0.15, 0.2) is 54.7 Å². The molecule has 0 aliphatic heterocycles. The number of aromatic nitrogens is 2. The summed E-state index contributed by atoms with van der Waals surface area (Å²) in [6.45, 7) is 0.223. The lowest BCUT2D eigenvalue weighted by Gasteiger charge is -2.12. The number of nitrogens with one attached hydrogen (secondary N) is 2. The lowest BCUT2D eigenvalue weighted by Crippen LogP contribution is -2.13. The molecule has 7 heteroatoms. The molecule has 128 valence electrons. The van der Waals surface area contributed by atoms with Crippen molar-refractivity contribution in [1.29, 1.82) is 0 Å². The number of aromatic amines is 1. The van der Waals surface area contributed by atoms with Gasteiger partial charge in [-0.1, -0.05) is 12.1 Å². The molecule has 3 aromatic rings. The normalized spacial score (nSPS) is 10.3. The smallest absolute Gasteiger partial charge is 0.273 e. The van der Waals surface area contributed by atoms with Gasteiger partial charge in [0.2, 0.25) is 0 Å². The Hall–Kier alpha value is -3.35. The highest BCUT2D eigenvalue weighted by Crippen LogP contribution is 2.26. The van der Waals surface area contributed by atoms with Crippen molar-refractivity contribution in [3.8, 4) is 11.5 Å². The number of methoxy groups -OCH3 is 1. The van der Waals surface area contributed by atoms with Crippen LogP contribution in [0.5, 0.6) is 11.5 Å². The molecule has 0 aliphatic rings. The monoisotopic (exact) mass is 341 g/mol. The molecule has 1 aromatic heterocycles. The first-order valence-electron chi connectivity index (χ1n) is 7.52. The van der Waals surface area contributed by atoms with Crippen molar-refractivity contribution in [2.24, 2.45) is 0 Å². The van der Waals surface area contributed by atoms with Gasteiger partial charge in [0.1, 0.15) is 29.6 Å². The molecule has 0 bridgehead atoms. The van der Waals surface area contributed by atoms with E-state index >= 15 is 0 Å². The van der Waals surface area contributed by atoms with E-state index in [1.807, 2.05) is 6.07 Å². The van der Waals surface area contributed by atoms with E-state index < -0.39 is 0 Å². The van der Waals surface area contributed by atoms with E-state index in [1.54, 1.807) is 30.3 Å². The molecule has 0 spiro atoms. The van der Waals surface area contributed by atoms with Gasteiger partial charge in [-0.25, -0.2) is 4.39 Å². The summed E-state index contributed by atoms with van der Waals surface area (Å²) in [4.78, 5) is 12.2. The topological polar surface area (TPSA) is 76.2 Å². The van der Waals surface area contributed by atoms with Crippen molar-refractivity contribution in [1.82, 2.24) is 10.2 Å². The predicted octanol–water partition coefficient (Wildman–Crippen LogP) is 3.39. The summed E-state index contributed by atoms with van der Waals surface area (Å²) in [7, 11) is 1.52. The number of hydrogen-bond acceptors (Lipinski definition) is 4. The second-order valence-electron chi connectivity index (χ2n) is 5.21. The third-order valence-corrected chi connectivity index (χ3v) is 3.46. The lowest BCUT2D eigenvalue weighted by molar-refractivity contribution is 0.102. The molecular formula is C18H16FN3O3. The predicted molar refractivity (Wildman–Crippen MR) is 90.3 cm³/mol. The quantitative estimate of drug-likeness (QED) is 0.720. The summed E-state index contributed by atoms with van der Waals surface area (Å²) >= 11 is 0. The molecule has 2 aromatic carbocycles. The molecule has 0 radical (unpaired) electrons. The first kappa shape index (κ1) is 16.5. The van der Waals surface area contributed by atoms with Crippen molar-refractivity contribution >= 4 is 11.6 Å². The van der Waals surface area contributed by atoms with Crippen LogP contribution in [0, 0.1) is 5.82 Å². The Bertz CT molecular complexity index is 866. The zero-order chi connectivity index (χ0) is 17.6. The Morgan fingerprint density at radius 1 is 1.24 bits per heavy atom. The van der Waals surface area contributed by atoms with Gasteiger partial charge in [-0.2, -0.15) is 5.10 Å². The Kier molecular flexibility index (Phi) is 4.94. The van der Waals surface area contributed by atoms with Gasteiger partial charge < -0.3 is 14.8 Å². The van der Waals surface area contributed by atoms with Gasteiger partial charge in [0.05, 0.1) is 12.8 Å². The number of carbonyl (C=O) groups excluding carboxylic acids is 1. The van der Waals surface area contributed by atoms with E-state index in [-0.39, 0.29) is 18.3 Å². The average molecular weight is 341 g/mol. The van der Waals surface area contributed by atoms with Gasteiger partial charge in [-0.05, 0) is 35.9 Å². The van der Waals surface area contributed by atoms with Gasteiger partial charge >= 0.3 is 0 Å². The number of H-pyrrole nitrogens is 1. The number of rotatable bonds is 6.